The first-order valence-corrected chi connectivity index (χ1v) is 6.84. The van der Waals surface area contributed by atoms with E-state index in [4.69, 9.17) is 5.11 Å². The van der Waals surface area contributed by atoms with Crippen LogP contribution < -0.4 is 4.90 Å². The van der Waals surface area contributed by atoms with E-state index < -0.39 is 5.97 Å². The Labute approximate surface area is 118 Å². The zero-order valence-electron chi connectivity index (χ0n) is 11.7. The lowest BCUT2D eigenvalue weighted by Crippen LogP contribution is -2.38. The molecule has 1 fully saturated rings. The van der Waals surface area contributed by atoms with Crippen molar-refractivity contribution >= 4 is 17.6 Å². The Hall–Kier alpha value is -1.88. The van der Waals surface area contributed by atoms with Crippen LogP contribution in [0.2, 0.25) is 0 Å². The molecule has 0 spiro atoms. The summed E-state index contributed by atoms with van der Waals surface area (Å²) < 4.78 is 0. The zero-order chi connectivity index (χ0) is 14.5. The summed E-state index contributed by atoms with van der Waals surface area (Å²) >= 11 is 0. The lowest BCUT2D eigenvalue weighted by Gasteiger charge is -2.25. The first-order chi connectivity index (χ1) is 9.58. The molecule has 1 aliphatic rings. The Kier molecular flexibility index (Phi) is 4.74. The number of aliphatic carboxylic acids is 1. The van der Waals surface area contributed by atoms with Crippen LogP contribution in [0.15, 0.2) is 30.3 Å². The van der Waals surface area contributed by atoms with Crippen LogP contribution in [0.4, 0.5) is 5.69 Å². The largest absolute Gasteiger partial charge is 0.481 e. The number of carbonyl (C=O) groups is 2. The molecule has 5 heteroatoms. The molecule has 1 unspecified atom stereocenters. The number of rotatable bonds is 5. The molecule has 1 atom stereocenters. The Bertz CT molecular complexity index is 475. The maximum atomic E-state index is 12.6. The van der Waals surface area contributed by atoms with E-state index in [1.165, 1.54) is 0 Å². The van der Waals surface area contributed by atoms with Crippen molar-refractivity contribution in [2.45, 2.75) is 12.8 Å². The van der Waals surface area contributed by atoms with Crippen LogP contribution in [0.5, 0.6) is 0 Å². The molecule has 1 aromatic rings. The number of hydrogen-bond acceptors (Lipinski definition) is 3. The van der Waals surface area contributed by atoms with Crippen molar-refractivity contribution in [1.82, 2.24) is 4.90 Å². The number of carboxylic acids is 1. The Balaban J connectivity index is 2.13. The number of carboxylic acid groups (broad SMARTS) is 1. The molecule has 20 heavy (non-hydrogen) atoms. The summed E-state index contributed by atoms with van der Waals surface area (Å²) in [6.07, 6.45) is 0.801. The summed E-state index contributed by atoms with van der Waals surface area (Å²) in [5.74, 6) is -0.891. The van der Waals surface area contributed by atoms with Crippen molar-refractivity contribution in [2.24, 2.45) is 5.92 Å². The fourth-order valence-electron chi connectivity index (χ4n) is 2.54. The molecule has 5 nitrogen and oxygen atoms in total. The van der Waals surface area contributed by atoms with E-state index >= 15 is 0 Å². The monoisotopic (exact) mass is 276 g/mol. The normalized spacial score (nSPS) is 18.9. The van der Waals surface area contributed by atoms with Crippen molar-refractivity contribution in [3.05, 3.63) is 30.3 Å². The van der Waals surface area contributed by atoms with Gasteiger partial charge in [-0.05, 0) is 32.1 Å². The van der Waals surface area contributed by atoms with Gasteiger partial charge >= 0.3 is 5.97 Å². The van der Waals surface area contributed by atoms with Crippen LogP contribution in [0.3, 0.4) is 0 Å². The first-order valence-electron chi connectivity index (χ1n) is 6.84. The molecule has 0 aliphatic carbocycles. The van der Waals surface area contributed by atoms with Gasteiger partial charge in [-0.1, -0.05) is 18.2 Å². The number of likely N-dealkylation sites (tertiary alicyclic amines) is 1. The van der Waals surface area contributed by atoms with Crippen molar-refractivity contribution in [3.63, 3.8) is 0 Å². The maximum absolute atomic E-state index is 12.6. The summed E-state index contributed by atoms with van der Waals surface area (Å²) in [5, 5.41) is 8.85. The van der Waals surface area contributed by atoms with Crippen LogP contribution in [0.25, 0.3) is 0 Å². The molecule has 0 radical (unpaired) electrons. The van der Waals surface area contributed by atoms with Crippen LogP contribution >= 0.6 is 0 Å². The predicted molar refractivity (Wildman–Crippen MR) is 76.7 cm³/mol. The van der Waals surface area contributed by atoms with E-state index in [0.29, 0.717) is 0 Å². The fourth-order valence-corrected chi connectivity index (χ4v) is 2.54. The van der Waals surface area contributed by atoms with Gasteiger partial charge in [0.2, 0.25) is 5.91 Å². The minimum Gasteiger partial charge on any atom is -0.481 e. The lowest BCUT2D eigenvalue weighted by molar-refractivity contribution is -0.136. The molecule has 1 aliphatic heterocycles. The number of benzene rings is 1. The molecular weight excluding hydrogens is 256 g/mol. The second-order valence-electron chi connectivity index (χ2n) is 5.22. The third-order valence-corrected chi connectivity index (χ3v) is 3.62. The van der Waals surface area contributed by atoms with Crippen molar-refractivity contribution in [3.8, 4) is 0 Å². The summed E-state index contributed by atoms with van der Waals surface area (Å²) in [7, 11) is 2.00. The summed E-state index contributed by atoms with van der Waals surface area (Å²) in [5.41, 5.74) is 0.772. The number of hydrogen-bond donors (Lipinski definition) is 1. The second kappa shape index (κ2) is 6.52. The number of anilines is 1. The van der Waals surface area contributed by atoms with Gasteiger partial charge in [0.15, 0.2) is 0 Å². The molecular formula is C15H20N2O3. The third-order valence-electron chi connectivity index (χ3n) is 3.62. The van der Waals surface area contributed by atoms with Crippen LogP contribution in [0, 0.1) is 5.92 Å². The van der Waals surface area contributed by atoms with Crippen LogP contribution in [-0.2, 0) is 9.59 Å². The fraction of sp³-hybridized carbons (Fsp3) is 0.467. The molecule has 1 aromatic carbocycles. The summed E-state index contributed by atoms with van der Waals surface area (Å²) in [6, 6.07) is 9.29. The van der Waals surface area contributed by atoms with E-state index in [2.05, 4.69) is 4.90 Å². The molecule has 0 saturated carbocycles. The van der Waals surface area contributed by atoms with Gasteiger partial charge in [-0.15, -0.1) is 0 Å². The quantitative estimate of drug-likeness (QED) is 0.884. The van der Waals surface area contributed by atoms with Crippen molar-refractivity contribution in [2.75, 3.05) is 31.6 Å². The Morgan fingerprint density at radius 2 is 2.05 bits per heavy atom. The van der Waals surface area contributed by atoms with E-state index in [0.717, 1.165) is 25.2 Å². The van der Waals surface area contributed by atoms with Gasteiger partial charge in [0, 0.05) is 18.8 Å². The van der Waals surface area contributed by atoms with E-state index in [9.17, 15) is 9.59 Å². The minimum atomic E-state index is -0.887. The highest BCUT2D eigenvalue weighted by atomic mass is 16.4. The SMILES string of the molecule is CN1CCC(C(=O)N(CCC(=O)O)c2ccccc2)C1. The molecule has 2 rings (SSSR count). The highest BCUT2D eigenvalue weighted by Gasteiger charge is 2.30. The third kappa shape index (κ3) is 3.57. The second-order valence-corrected chi connectivity index (χ2v) is 5.22. The van der Waals surface area contributed by atoms with Gasteiger partial charge in [-0.25, -0.2) is 0 Å². The highest BCUT2D eigenvalue weighted by Crippen LogP contribution is 2.22. The van der Waals surface area contributed by atoms with Gasteiger partial charge < -0.3 is 14.9 Å². The number of carbonyl (C=O) groups excluding carboxylic acids is 1. The van der Waals surface area contributed by atoms with Crippen molar-refractivity contribution < 1.29 is 14.7 Å². The molecule has 0 aromatic heterocycles. The van der Waals surface area contributed by atoms with E-state index in [1.807, 2.05) is 37.4 Å². The lowest BCUT2D eigenvalue weighted by atomic mass is 10.1. The van der Waals surface area contributed by atoms with Gasteiger partial charge in [0.1, 0.15) is 0 Å². The number of nitrogens with zero attached hydrogens (tertiary/aromatic N) is 2. The zero-order valence-corrected chi connectivity index (χ0v) is 11.7. The molecule has 1 amide bonds. The predicted octanol–water partition coefficient (Wildman–Crippen LogP) is 1.45. The molecule has 1 saturated heterocycles. The molecule has 0 bridgehead atoms. The van der Waals surface area contributed by atoms with E-state index in [-0.39, 0.29) is 24.8 Å². The first kappa shape index (κ1) is 14.5. The number of para-hydroxylation sites is 1. The standard InChI is InChI=1S/C15H20N2O3/c1-16-9-7-12(11-16)15(20)17(10-8-14(18)19)13-5-3-2-4-6-13/h2-6,12H,7-11H2,1H3,(H,18,19). The highest BCUT2D eigenvalue weighted by molar-refractivity contribution is 5.95. The Morgan fingerprint density at radius 1 is 1.35 bits per heavy atom. The van der Waals surface area contributed by atoms with Gasteiger partial charge in [-0.2, -0.15) is 0 Å². The summed E-state index contributed by atoms with van der Waals surface area (Å²) in [4.78, 5) is 27.1. The Morgan fingerprint density at radius 3 is 2.60 bits per heavy atom. The van der Waals surface area contributed by atoms with E-state index in [1.54, 1.807) is 4.90 Å². The topological polar surface area (TPSA) is 60.9 Å². The maximum Gasteiger partial charge on any atom is 0.305 e. The van der Waals surface area contributed by atoms with Crippen molar-refractivity contribution in [1.29, 1.82) is 0 Å². The summed E-state index contributed by atoms with van der Waals surface area (Å²) in [6.45, 7) is 1.88. The van der Waals surface area contributed by atoms with Gasteiger partial charge in [-0.3, -0.25) is 9.59 Å². The van der Waals surface area contributed by atoms with Gasteiger partial charge in [0.25, 0.3) is 0 Å². The molecule has 108 valence electrons. The smallest absolute Gasteiger partial charge is 0.305 e. The minimum absolute atomic E-state index is 0.0294. The van der Waals surface area contributed by atoms with Crippen LogP contribution in [0.1, 0.15) is 12.8 Å². The number of amides is 1. The van der Waals surface area contributed by atoms with Gasteiger partial charge in [0.05, 0.1) is 12.3 Å². The van der Waals surface area contributed by atoms with Crippen LogP contribution in [-0.4, -0.2) is 48.6 Å². The molecule has 1 heterocycles. The average molecular weight is 276 g/mol. The molecule has 1 N–H and O–H groups in total. The average Bonchev–Trinajstić information content (AvgIpc) is 2.86.